The van der Waals surface area contributed by atoms with Gasteiger partial charge in [-0.25, -0.2) is 0 Å². The number of hydrogen-bond donors (Lipinski definition) is 0. The molecule has 0 bridgehead atoms. The van der Waals surface area contributed by atoms with Crippen molar-refractivity contribution in [1.29, 1.82) is 0 Å². The summed E-state index contributed by atoms with van der Waals surface area (Å²) in [5, 5.41) is 0. The molecule has 0 saturated heterocycles. The molecule has 3 heteroatoms. The number of aldehydes is 1. The Labute approximate surface area is 125 Å². The van der Waals surface area contributed by atoms with Gasteiger partial charge >= 0.3 is 17.1 Å². The van der Waals surface area contributed by atoms with E-state index in [9.17, 15) is 4.79 Å². The van der Waals surface area contributed by atoms with Crippen LogP contribution in [0.25, 0.3) is 0 Å². The summed E-state index contributed by atoms with van der Waals surface area (Å²) in [6.07, 6.45) is 12.1. The van der Waals surface area contributed by atoms with E-state index in [-0.39, 0.29) is 31.9 Å². The Hall–Kier alpha value is 0.149. The molecule has 2 aliphatic carbocycles. The van der Waals surface area contributed by atoms with E-state index in [0.29, 0.717) is 12.0 Å². The Morgan fingerprint density at radius 2 is 1.33 bits per heavy atom. The van der Waals surface area contributed by atoms with Crippen molar-refractivity contribution in [2.75, 3.05) is 14.1 Å². The van der Waals surface area contributed by atoms with Gasteiger partial charge in [-0.15, -0.1) is 0 Å². The summed E-state index contributed by atoms with van der Waals surface area (Å²) >= 11 is 0. The number of rotatable bonds is 2. The molecule has 0 radical (unpaired) electrons. The molecule has 2 nitrogen and oxygen atoms in total. The minimum absolute atomic E-state index is 0. The van der Waals surface area contributed by atoms with Crippen LogP contribution in [0.3, 0.4) is 0 Å². The second-order valence-electron chi connectivity index (χ2n) is 5.03. The van der Waals surface area contributed by atoms with Crippen LogP contribution in [0.15, 0.2) is 0 Å². The van der Waals surface area contributed by atoms with Crippen molar-refractivity contribution in [2.45, 2.75) is 57.4 Å². The zero-order valence-corrected chi connectivity index (χ0v) is 13.7. The average molecular weight is 297 g/mol. The molecule has 0 aromatic rings. The van der Waals surface area contributed by atoms with Crippen LogP contribution in [0.2, 0.25) is 0 Å². The van der Waals surface area contributed by atoms with Crippen LogP contribution < -0.4 is 0 Å². The molecule has 2 unspecified atom stereocenters. The summed E-state index contributed by atoms with van der Waals surface area (Å²) in [5.41, 5.74) is 0. The first kappa shape index (κ1) is 23.3. The van der Waals surface area contributed by atoms with Crippen LogP contribution in [0, 0.1) is 20.8 Å². The maximum Gasteiger partial charge on any atom is 2.00 e. The third-order valence-corrected chi connectivity index (χ3v) is 3.62. The van der Waals surface area contributed by atoms with Crippen molar-refractivity contribution >= 4 is 6.29 Å². The van der Waals surface area contributed by atoms with Crippen LogP contribution in [-0.2, 0) is 21.9 Å². The van der Waals surface area contributed by atoms with Crippen LogP contribution in [0.5, 0.6) is 0 Å². The van der Waals surface area contributed by atoms with E-state index in [0.717, 1.165) is 12.7 Å². The molecule has 110 valence electrons. The maximum absolute atomic E-state index is 10.5. The van der Waals surface area contributed by atoms with E-state index < -0.39 is 0 Å². The number of carbonyl (C=O) groups is 1. The Bertz CT molecular complexity index is 174. The van der Waals surface area contributed by atoms with Gasteiger partial charge in [-0.3, -0.25) is 0 Å². The third-order valence-electron chi connectivity index (χ3n) is 3.62. The number of hydrogen-bond acceptors (Lipinski definition) is 2. The Morgan fingerprint density at radius 1 is 0.889 bits per heavy atom. The molecule has 2 aliphatic rings. The first-order chi connectivity index (χ1) is 7.25. The topological polar surface area (TPSA) is 20.3 Å². The molecule has 2 fully saturated rings. The molecule has 0 aromatic carbocycles. The zero-order valence-electron chi connectivity index (χ0n) is 12.6. The van der Waals surface area contributed by atoms with Crippen molar-refractivity contribution in [2.24, 2.45) is 5.92 Å². The fourth-order valence-electron chi connectivity index (χ4n) is 2.65. The summed E-state index contributed by atoms with van der Waals surface area (Å²) in [4.78, 5) is 12.7. The zero-order chi connectivity index (χ0) is 11.1. The van der Waals surface area contributed by atoms with Gasteiger partial charge in [0.2, 0.25) is 0 Å². The smallest absolute Gasteiger partial charge is 0.358 e. The molecule has 2 rings (SSSR count). The Morgan fingerprint density at radius 3 is 1.61 bits per heavy atom. The van der Waals surface area contributed by atoms with Crippen molar-refractivity contribution in [3.63, 3.8) is 0 Å². The molecule has 0 heterocycles. The monoisotopic (exact) mass is 297 g/mol. The molecule has 0 aliphatic heterocycles. The molecular formula is C15H31FeNO. The molecule has 0 amide bonds. The predicted molar refractivity (Wildman–Crippen MR) is 76.8 cm³/mol. The molecular weight excluding hydrogens is 266 g/mol. The molecule has 2 saturated carbocycles. The maximum atomic E-state index is 10.5. The van der Waals surface area contributed by atoms with E-state index in [2.05, 4.69) is 4.90 Å². The van der Waals surface area contributed by atoms with Crippen LogP contribution >= 0.6 is 0 Å². The third kappa shape index (κ3) is 8.29. The summed E-state index contributed by atoms with van der Waals surface area (Å²) in [6.45, 7) is 0. The van der Waals surface area contributed by atoms with E-state index in [1.54, 1.807) is 0 Å². The Kier molecular flexibility index (Phi) is 17.5. The molecule has 18 heavy (non-hydrogen) atoms. The van der Waals surface area contributed by atoms with Gasteiger partial charge in [0, 0.05) is 12.0 Å². The van der Waals surface area contributed by atoms with E-state index >= 15 is 0 Å². The van der Waals surface area contributed by atoms with Crippen LogP contribution in [-0.4, -0.2) is 31.3 Å². The standard InChI is InChI=1S/C8H15NO.C5H10.2CH3.Fe/c1-9(2)8-5-3-4-7(8)6-10;1-2-4-5-3-1;;;/h6-8H,3-5H2,1-2H3;1-5H2;2*1H3;/q;;2*-1;+2. The largest absolute Gasteiger partial charge is 2.00 e. The van der Waals surface area contributed by atoms with Gasteiger partial charge < -0.3 is 24.5 Å². The molecule has 0 N–H and O–H groups in total. The Balaban J connectivity index is -0.000000245. The predicted octanol–water partition coefficient (Wildman–Crippen LogP) is 3.76. The van der Waals surface area contributed by atoms with Crippen LogP contribution in [0.4, 0.5) is 0 Å². The van der Waals surface area contributed by atoms with Gasteiger partial charge in [0.15, 0.2) is 0 Å². The normalized spacial score (nSPS) is 25.1. The van der Waals surface area contributed by atoms with Gasteiger partial charge in [-0.2, -0.15) is 0 Å². The minimum atomic E-state index is 0. The number of carbonyl (C=O) groups excluding carboxylic acids is 1. The number of nitrogens with zero attached hydrogens (tertiary/aromatic N) is 1. The van der Waals surface area contributed by atoms with E-state index in [4.69, 9.17) is 0 Å². The van der Waals surface area contributed by atoms with Crippen LogP contribution in [0.1, 0.15) is 51.4 Å². The second-order valence-corrected chi connectivity index (χ2v) is 5.03. The fraction of sp³-hybridized carbons (Fsp3) is 0.800. The SMILES string of the molecule is C1CCCC1.CN(C)C1CCCC1C=O.[CH3-].[CH3-].[Fe+2]. The quantitative estimate of drug-likeness (QED) is 0.439. The van der Waals surface area contributed by atoms with Crippen molar-refractivity contribution < 1.29 is 21.9 Å². The fourth-order valence-corrected chi connectivity index (χ4v) is 2.65. The van der Waals surface area contributed by atoms with E-state index in [1.165, 1.54) is 44.9 Å². The van der Waals surface area contributed by atoms with Gasteiger partial charge in [0.25, 0.3) is 0 Å². The summed E-state index contributed by atoms with van der Waals surface area (Å²) in [6, 6.07) is 0.512. The molecule has 0 aromatic heterocycles. The van der Waals surface area contributed by atoms with Crippen molar-refractivity contribution in [3.8, 4) is 0 Å². The summed E-state index contributed by atoms with van der Waals surface area (Å²) < 4.78 is 0. The first-order valence-electron chi connectivity index (χ1n) is 6.37. The van der Waals surface area contributed by atoms with Crippen molar-refractivity contribution in [1.82, 2.24) is 4.90 Å². The second kappa shape index (κ2) is 13.6. The molecule has 0 spiro atoms. The summed E-state index contributed by atoms with van der Waals surface area (Å²) in [5.74, 6) is 0.301. The van der Waals surface area contributed by atoms with Gasteiger partial charge in [0.05, 0.1) is 0 Å². The van der Waals surface area contributed by atoms with E-state index in [1.807, 2.05) is 14.1 Å². The first-order valence-corrected chi connectivity index (χ1v) is 6.37. The summed E-state index contributed by atoms with van der Waals surface area (Å²) in [7, 11) is 4.10. The van der Waals surface area contributed by atoms with Crippen molar-refractivity contribution in [3.05, 3.63) is 14.9 Å². The molecule has 2 atom stereocenters. The van der Waals surface area contributed by atoms with Gasteiger partial charge in [0.1, 0.15) is 6.29 Å². The van der Waals surface area contributed by atoms with Gasteiger partial charge in [-0.1, -0.05) is 38.5 Å². The van der Waals surface area contributed by atoms with Gasteiger partial charge in [-0.05, 0) is 26.9 Å². The average Bonchev–Trinajstić information content (AvgIpc) is 2.92. The minimum Gasteiger partial charge on any atom is -0.358 e.